The Hall–Kier alpha value is -3.48. The van der Waals surface area contributed by atoms with Crippen molar-refractivity contribution in [1.29, 1.82) is 0 Å². The molecule has 0 bridgehead atoms. The molecular formula is C24H23FN2O4. The van der Waals surface area contributed by atoms with Crippen molar-refractivity contribution in [2.45, 2.75) is 39.5 Å². The highest BCUT2D eigenvalue weighted by molar-refractivity contribution is 5.86. The molecule has 1 N–H and O–H groups in total. The van der Waals surface area contributed by atoms with Crippen LogP contribution in [0.1, 0.15) is 39.7 Å². The van der Waals surface area contributed by atoms with Crippen LogP contribution in [0.4, 0.5) is 4.39 Å². The minimum absolute atomic E-state index is 0.0297. The second-order valence-electron chi connectivity index (χ2n) is 8.30. The molecular weight excluding hydrogens is 399 g/mol. The highest BCUT2D eigenvalue weighted by Gasteiger charge is 2.28. The van der Waals surface area contributed by atoms with Crippen LogP contribution in [0.25, 0.3) is 33.8 Å². The van der Waals surface area contributed by atoms with E-state index in [1.54, 1.807) is 24.3 Å². The lowest BCUT2D eigenvalue weighted by atomic mass is 9.73. The van der Waals surface area contributed by atoms with Crippen LogP contribution in [-0.2, 0) is 5.41 Å². The molecule has 0 aliphatic heterocycles. The summed E-state index contributed by atoms with van der Waals surface area (Å²) in [5.41, 5.74) is 0.272. The quantitative estimate of drug-likeness (QED) is 0.416. The van der Waals surface area contributed by atoms with E-state index in [4.69, 9.17) is 8.94 Å². The Bertz CT molecular complexity index is 1320. The van der Waals surface area contributed by atoms with Crippen LogP contribution >= 0.6 is 0 Å². The van der Waals surface area contributed by atoms with Crippen molar-refractivity contribution in [3.8, 4) is 28.6 Å². The summed E-state index contributed by atoms with van der Waals surface area (Å²) in [4.78, 5) is 16.7. The summed E-state index contributed by atoms with van der Waals surface area (Å²) >= 11 is 0. The Morgan fingerprint density at radius 2 is 1.90 bits per heavy atom. The molecule has 0 saturated carbocycles. The topological polar surface area (TPSA) is 89.4 Å². The molecule has 1 unspecified atom stereocenters. The predicted molar refractivity (Wildman–Crippen MR) is 115 cm³/mol. The number of benzene rings is 2. The summed E-state index contributed by atoms with van der Waals surface area (Å²) in [6.07, 6.45) is 0.974. The summed E-state index contributed by atoms with van der Waals surface area (Å²) in [6.45, 7) is 8.49. The van der Waals surface area contributed by atoms with Crippen molar-refractivity contribution >= 4 is 11.0 Å². The Morgan fingerprint density at radius 1 is 1.16 bits per heavy atom. The number of hydrogen-bond donors (Lipinski definition) is 1. The molecule has 31 heavy (non-hydrogen) atoms. The van der Waals surface area contributed by atoms with E-state index in [2.05, 4.69) is 37.8 Å². The van der Waals surface area contributed by atoms with Gasteiger partial charge < -0.3 is 14.0 Å². The first-order valence-corrected chi connectivity index (χ1v) is 10.1. The van der Waals surface area contributed by atoms with Crippen molar-refractivity contribution in [2.75, 3.05) is 0 Å². The van der Waals surface area contributed by atoms with Gasteiger partial charge in [0.15, 0.2) is 11.3 Å². The first-order chi connectivity index (χ1) is 14.7. The van der Waals surface area contributed by atoms with Crippen molar-refractivity contribution in [3.05, 3.63) is 64.3 Å². The maximum atomic E-state index is 14.0. The van der Waals surface area contributed by atoms with Gasteiger partial charge in [0.25, 0.3) is 5.89 Å². The summed E-state index contributed by atoms with van der Waals surface area (Å²) in [6, 6.07) is 11.1. The number of phenolic OH excluding ortho intramolecular Hbond substituents is 1. The fourth-order valence-electron chi connectivity index (χ4n) is 3.62. The maximum absolute atomic E-state index is 14.0. The van der Waals surface area contributed by atoms with E-state index in [0.717, 1.165) is 12.0 Å². The maximum Gasteiger partial charge on any atom is 0.349 e. The highest BCUT2D eigenvalue weighted by atomic mass is 19.1. The van der Waals surface area contributed by atoms with E-state index in [1.807, 2.05) is 6.07 Å². The van der Waals surface area contributed by atoms with E-state index in [9.17, 15) is 14.3 Å². The lowest BCUT2D eigenvalue weighted by Gasteiger charge is -2.32. The highest BCUT2D eigenvalue weighted by Crippen LogP contribution is 2.38. The molecule has 0 amide bonds. The first kappa shape index (κ1) is 20.8. The van der Waals surface area contributed by atoms with Crippen LogP contribution in [0.5, 0.6) is 5.75 Å². The molecule has 0 saturated heterocycles. The van der Waals surface area contributed by atoms with E-state index >= 15 is 0 Å². The SMILES string of the molecule is CCC(C)C(C)(C)c1cc(O)c2oc(=O)c(-c3nc(-c4ccccc4F)no3)cc2c1. The van der Waals surface area contributed by atoms with Gasteiger partial charge in [0.1, 0.15) is 11.4 Å². The number of aromatic hydroxyl groups is 1. The zero-order chi connectivity index (χ0) is 22.3. The van der Waals surface area contributed by atoms with Crippen molar-refractivity contribution < 1.29 is 18.4 Å². The van der Waals surface area contributed by atoms with Gasteiger partial charge in [0, 0.05) is 5.39 Å². The van der Waals surface area contributed by atoms with Gasteiger partial charge in [0.05, 0.1) is 5.56 Å². The molecule has 4 aromatic rings. The largest absolute Gasteiger partial charge is 0.504 e. The summed E-state index contributed by atoms with van der Waals surface area (Å²) in [5, 5.41) is 14.8. The lowest BCUT2D eigenvalue weighted by molar-refractivity contribution is 0.333. The monoisotopic (exact) mass is 422 g/mol. The van der Waals surface area contributed by atoms with Crippen LogP contribution in [-0.4, -0.2) is 15.2 Å². The van der Waals surface area contributed by atoms with Crippen molar-refractivity contribution in [1.82, 2.24) is 10.1 Å². The molecule has 2 aromatic carbocycles. The van der Waals surface area contributed by atoms with E-state index in [1.165, 1.54) is 12.1 Å². The molecule has 7 heteroatoms. The van der Waals surface area contributed by atoms with Gasteiger partial charge in [-0.05, 0) is 47.2 Å². The molecule has 0 fully saturated rings. The van der Waals surface area contributed by atoms with E-state index in [-0.39, 0.29) is 39.6 Å². The molecule has 6 nitrogen and oxygen atoms in total. The van der Waals surface area contributed by atoms with Gasteiger partial charge >= 0.3 is 5.63 Å². The minimum atomic E-state index is -0.736. The van der Waals surface area contributed by atoms with Gasteiger partial charge in [0.2, 0.25) is 5.82 Å². The van der Waals surface area contributed by atoms with Gasteiger partial charge in [-0.15, -0.1) is 0 Å². The summed E-state index contributed by atoms with van der Waals surface area (Å²) in [5.74, 6) is -0.298. The summed E-state index contributed by atoms with van der Waals surface area (Å²) < 4.78 is 24.6. The number of phenols is 1. The molecule has 160 valence electrons. The average Bonchev–Trinajstić information content (AvgIpc) is 3.23. The third-order valence-corrected chi connectivity index (χ3v) is 6.17. The van der Waals surface area contributed by atoms with Gasteiger partial charge in [-0.2, -0.15) is 4.98 Å². The fraction of sp³-hybridized carbons (Fsp3) is 0.292. The zero-order valence-electron chi connectivity index (χ0n) is 17.8. The average molecular weight is 422 g/mol. The molecule has 0 aliphatic carbocycles. The molecule has 1 atom stereocenters. The fourth-order valence-corrected chi connectivity index (χ4v) is 3.62. The Kier molecular flexibility index (Phi) is 5.13. The first-order valence-electron chi connectivity index (χ1n) is 10.1. The number of nitrogens with zero attached hydrogens (tertiary/aromatic N) is 2. The molecule has 0 spiro atoms. The van der Waals surface area contributed by atoms with Crippen LogP contribution in [0.15, 0.2) is 56.2 Å². The normalized spacial score (nSPS) is 12.9. The molecule has 2 aromatic heterocycles. The minimum Gasteiger partial charge on any atom is -0.504 e. The molecule has 0 aliphatic rings. The van der Waals surface area contributed by atoms with Crippen LogP contribution < -0.4 is 5.63 Å². The Morgan fingerprint density at radius 3 is 2.61 bits per heavy atom. The molecule has 0 radical (unpaired) electrons. The van der Waals surface area contributed by atoms with Crippen molar-refractivity contribution in [3.63, 3.8) is 0 Å². The van der Waals surface area contributed by atoms with E-state index in [0.29, 0.717) is 11.3 Å². The number of halogens is 1. The lowest BCUT2D eigenvalue weighted by Crippen LogP contribution is -2.26. The standard InChI is InChI=1S/C24H23FN2O4/c1-5-13(2)24(3,4)15-10-14-11-17(23(29)30-20(14)19(28)12-15)22-26-21(27-31-22)16-8-6-7-9-18(16)25/h6-13,28H,5H2,1-4H3. The third-order valence-electron chi connectivity index (χ3n) is 6.17. The second-order valence-corrected chi connectivity index (χ2v) is 8.30. The number of fused-ring (bicyclic) bond motifs is 1. The number of rotatable bonds is 5. The Balaban J connectivity index is 1.84. The Labute approximate surface area is 178 Å². The summed E-state index contributed by atoms with van der Waals surface area (Å²) in [7, 11) is 0. The van der Waals surface area contributed by atoms with Crippen LogP contribution in [0.2, 0.25) is 0 Å². The molecule has 2 heterocycles. The second kappa shape index (κ2) is 7.65. The smallest absolute Gasteiger partial charge is 0.349 e. The number of hydrogen-bond acceptors (Lipinski definition) is 6. The van der Waals surface area contributed by atoms with Gasteiger partial charge in [-0.25, -0.2) is 9.18 Å². The number of aromatic nitrogens is 2. The predicted octanol–water partition coefficient (Wildman–Crippen LogP) is 5.68. The van der Waals surface area contributed by atoms with Crippen LogP contribution in [0.3, 0.4) is 0 Å². The molecule has 4 rings (SSSR count). The van der Waals surface area contributed by atoms with Crippen LogP contribution in [0, 0.1) is 11.7 Å². The zero-order valence-corrected chi connectivity index (χ0v) is 17.8. The van der Waals surface area contributed by atoms with Crippen molar-refractivity contribution in [2.24, 2.45) is 5.92 Å². The van der Waals surface area contributed by atoms with E-state index < -0.39 is 11.4 Å². The van der Waals surface area contributed by atoms with Gasteiger partial charge in [-0.1, -0.05) is 51.4 Å². The third kappa shape index (κ3) is 3.60. The van der Waals surface area contributed by atoms with Gasteiger partial charge in [-0.3, -0.25) is 0 Å².